The topological polar surface area (TPSA) is 103 Å². The monoisotopic (exact) mass is 538 g/mol. The first kappa shape index (κ1) is 20.2. The highest BCUT2D eigenvalue weighted by Crippen LogP contribution is 2.40. The minimum atomic E-state index is 0.411. The Bertz CT molecular complexity index is 1790. The van der Waals surface area contributed by atoms with E-state index in [9.17, 15) is 0 Å². The molecule has 5 heterocycles. The number of hydrogen-bond acceptors (Lipinski definition) is 6. The molecule has 6 aromatic rings. The molecule has 0 saturated heterocycles. The number of halogens is 1. The van der Waals surface area contributed by atoms with Crippen molar-refractivity contribution in [1.29, 1.82) is 0 Å². The molecule has 0 unspecified atom stereocenters. The van der Waals surface area contributed by atoms with Crippen LogP contribution < -0.4 is 0 Å². The van der Waals surface area contributed by atoms with Crippen LogP contribution in [0.15, 0.2) is 64.0 Å². The largest absolute Gasteiger partial charge is 0.361 e. The van der Waals surface area contributed by atoms with Crippen LogP contribution in [0.5, 0.6) is 0 Å². The smallest absolute Gasteiger partial charge is 0.278 e. The molecule has 0 bridgehead atoms. The maximum absolute atomic E-state index is 5.67. The van der Waals surface area contributed by atoms with Gasteiger partial charge in [0.25, 0.3) is 5.89 Å². The molecule has 2 aromatic carbocycles. The molecule has 0 radical (unpaired) electrons. The van der Waals surface area contributed by atoms with Crippen LogP contribution in [0.25, 0.3) is 39.6 Å². The molecule has 1 fully saturated rings. The van der Waals surface area contributed by atoms with Crippen molar-refractivity contribution >= 4 is 26.8 Å². The summed E-state index contributed by atoms with van der Waals surface area (Å²) in [6.07, 6.45) is 6.77. The van der Waals surface area contributed by atoms with Crippen molar-refractivity contribution < 1.29 is 4.52 Å². The second-order valence-electron chi connectivity index (χ2n) is 9.37. The zero-order chi connectivity index (χ0) is 23.8. The van der Waals surface area contributed by atoms with Crippen molar-refractivity contribution in [3.63, 3.8) is 0 Å². The molecule has 4 aromatic heterocycles. The van der Waals surface area contributed by atoms with Crippen LogP contribution in [0, 0.1) is 0 Å². The van der Waals surface area contributed by atoms with Gasteiger partial charge in [0, 0.05) is 39.5 Å². The third-order valence-corrected chi connectivity index (χ3v) is 7.56. The fourth-order valence-corrected chi connectivity index (χ4v) is 5.44. The first-order chi connectivity index (χ1) is 17.7. The summed E-state index contributed by atoms with van der Waals surface area (Å²) in [6, 6.07) is 14.5. The summed E-state index contributed by atoms with van der Waals surface area (Å²) >= 11 is 3.63. The Morgan fingerprint density at radius 2 is 2.03 bits per heavy atom. The Kier molecular flexibility index (Phi) is 4.19. The average molecular weight is 539 g/mol. The van der Waals surface area contributed by atoms with Crippen molar-refractivity contribution in [3.05, 3.63) is 82.4 Å². The van der Waals surface area contributed by atoms with E-state index < -0.39 is 0 Å². The lowest BCUT2D eigenvalue weighted by molar-refractivity contribution is 0.421. The number of nitrogens with zero attached hydrogens (tertiary/aromatic N) is 7. The first-order valence-electron chi connectivity index (χ1n) is 11.9. The standard InChI is InChI=1S/C26H19BrN8O/c27-16-7-8-20-18(10-16)25-32-31-22(9-15-11-28-19-4-2-1-3-17(15)19)34(25)12-21-23(29-13-35(20)21)26-30-24(33-36-26)14-5-6-14/h1-4,7-8,10-11,13-14,28H,5-6,9,12H2. The van der Waals surface area contributed by atoms with E-state index in [0.29, 0.717) is 30.5 Å². The van der Waals surface area contributed by atoms with Gasteiger partial charge in [-0.3, -0.25) is 4.57 Å². The molecule has 0 amide bonds. The van der Waals surface area contributed by atoms with Crippen LogP contribution in [0.1, 0.15) is 41.7 Å². The fraction of sp³-hybridized carbons (Fsp3) is 0.192. The number of para-hydroxylation sites is 1. The van der Waals surface area contributed by atoms with E-state index in [1.165, 1.54) is 10.9 Å². The number of nitrogens with one attached hydrogen (secondary N) is 1. The number of H-pyrrole nitrogens is 1. The van der Waals surface area contributed by atoms with Gasteiger partial charge in [0.1, 0.15) is 12.2 Å². The molecule has 1 saturated carbocycles. The van der Waals surface area contributed by atoms with Gasteiger partial charge in [-0.1, -0.05) is 39.3 Å². The molecule has 8 rings (SSSR count). The van der Waals surface area contributed by atoms with E-state index in [0.717, 1.165) is 57.2 Å². The zero-order valence-electron chi connectivity index (χ0n) is 19.0. The van der Waals surface area contributed by atoms with Gasteiger partial charge in [-0.2, -0.15) is 4.98 Å². The lowest BCUT2D eigenvalue weighted by Crippen LogP contribution is -2.09. The molecule has 176 valence electrons. The van der Waals surface area contributed by atoms with Gasteiger partial charge in [0.2, 0.25) is 0 Å². The predicted octanol–water partition coefficient (Wildman–Crippen LogP) is 5.25. The van der Waals surface area contributed by atoms with Gasteiger partial charge in [-0.15, -0.1) is 10.2 Å². The van der Waals surface area contributed by atoms with E-state index in [1.807, 2.05) is 18.5 Å². The number of rotatable bonds is 4. The van der Waals surface area contributed by atoms with Crippen LogP contribution >= 0.6 is 15.9 Å². The highest BCUT2D eigenvalue weighted by atomic mass is 79.9. The van der Waals surface area contributed by atoms with Gasteiger partial charge in [0.05, 0.1) is 17.9 Å². The van der Waals surface area contributed by atoms with Crippen LogP contribution in [-0.4, -0.2) is 39.4 Å². The third kappa shape index (κ3) is 3.03. The lowest BCUT2D eigenvalue weighted by atomic mass is 10.1. The van der Waals surface area contributed by atoms with Crippen LogP contribution in [0.2, 0.25) is 0 Å². The normalized spacial score (nSPS) is 14.5. The van der Waals surface area contributed by atoms with E-state index >= 15 is 0 Å². The molecule has 1 aliphatic heterocycles. The number of aromatic nitrogens is 8. The van der Waals surface area contributed by atoms with Crippen molar-refractivity contribution in [2.75, 3.05) is 0 Å². The summed E-state index contributed by atoms with van der Waals surface area (Å²) in [6.45, 7) is 0.531. The van der Waals surface area contributed by atoms with Crippen molar-refractivity contribution in [2.45, 2.75) is 31.7 Å². The summed E-state index contributed by atoms with van der Waals surface area (Å²) in [4.78, 5) is 12.8. The maximum atomic E-state index is 5.67. The highest BCUT2D eigenvalue weighted by Gasteiger charge is 2.32. The van der Waals surface area contributed by atoms with Gasteiger partial charge >= 0.3 is 0 Å². The molecule has 36 heavy (non-hydrogen) atoms. The lowest BCUT2D eigenvalue weighted by Gasteiger charge is -2.09. The number of imidazole rings is 1. The minimum absolute atomic E-state index is 0.411. The average Bonchev–Trinajstić information content (AvgIpc) is 3.22. The van der Waals surface area contributed by atoms with E-state index in [4.69, 9.17) is 9.51 Å². The number of hydrogen-bond donors (Lipinski definition) is 1. The second kappa shape index (κ2) is 7.47. The Labute approximate surface area is 213 Å². The summed E-state index contributed by atoms with van der Waals surface area (Å²) in [7, 11) is 0. The molecule has 9 nitrogen and oxygen atoms in total. The predicted molar refractivity (Wildman–Crippen MR) is 136 cm³/mol. The minimum Gasteiger partial charge on any atom is -0.361 e. The molecule has 1 aliphatic carbocycles. The molecule has 2 aliphatic rings. The summed E-state index contributed by atoms with van der Waals surface area (Å²) in [5, 5.41) is 14.7. The van der Waals surface area contributed by atoms with Crippen molar-refractivity contribution in [2.24, 2.45) is 0 Å². The SMILES string of the molecule is Brc1ccc2c(c1)-c1nnc(Cc3c[nH]c4ccccc34)n1Cc1c(-c3nc(C4CC4)no3)ncn1-2. The van der Waals surface area contributed by atoms with Gasteiger partial charge in [-0.25, -0.2) is 4.98 Å². The van der Waals surface area contributed by atoms with Gasteiger partial charge < -0.3 is 14.1 Å². The van der Waals surface area contributed by atoms with E-state index in [1.54, 1.807) is 0 Å². The fourth-order valence-electron chi connectivity index (χ4n) is 5.08. The Balaban J connectivity index is 1.29. The number of fused-ring (bicyclic) bond motifs is 6. The quantitative estimate of drug-likeness (QED) is 0.328. The molecular formula is C26H19BrN8O. The number of aromatic amines is 1. The summed E-state index contributed by atoms with van der Waals surface area (Å²) in [5.74, 6) is 3.34. The molecule has 0 atom stereocenters. The van der Waals surface area contributed by atoms with Crippen molar-refractivity contribution in [3.8, 4) is 28.7 Å². The van der Waals surface area contributed by atoms with Crippen LogP contribution in [-0.2, 0) is 13.0 Å². The molecule has 10 heteroatoms. The maximum Gasteiger partial charge on any atom is 0.278 e. The highest BCUT2D eigenvalue weighted by molar-refractivity contribution is 9.10. The van der Waals surface area contributed by atoms with Crippen molar-refractivity contribution in [1.82, 2.24) is 39.4 Å². The van der Waals surface area contributed by atoms with Gasteiger partial charge in [-0.05, 0) is 42.7 Å². The molecule has 0 spiro atoms. The Morgan fingerprint density at radius 3 is 2.94 bits per heavy atom. The first-order valence-corrected chi connectivity index (χ1v) is 12.7. The second-order valence-corrected chi connectivity index (χ2v) is 10.3. The van der Waals surface area contributed by atoms with Gasteiger partial charge in [0.15, 0.2) is 17.3 Å². The molecular weight excluding hydrogens is 520 g/mol. The van der Waals surface area contributed by atoms with E-state index in [-0.39, 0.29) is 0 Å². The summed E-state index contributed by atoms with van der Waals surface area (Å²) in [5.41, 5.74) is 5.92. The van der Waals surface area contributed by atoms with E-state index in [2.05, 4.69) is 86.9 Å². The molecule has 1 N–H and O–H groups in total. The van der Waals surface area contributed by atoms with Crippen LogP contribution in [0.4, 0.5) is 0 Å². The Hall–Kier alpha value is -4.05. The third-order valence-electron chi connectivity index (χ3n) is 7.07. The van der Waals surface area contributed by atoms with Crippen LogP contribution in [0.3, 0.4) is 0 Å². The zero-order valence-corrected chi connectivity index (χ0v) is 20.6. The summed E-state index contributed by atoms with van der Waals surface area (Å²) < 4.78 is 10.9. The number of benzene rings is 2. The Morgan fingerprint density at radius 1 is 1.11 bits per heavy atom.